The van der Waals surface area contributed by atoms with Crippen LogP contribution in [0.25, 0.3) is 0 Å². The van der Waals surface area contributed by atoms with Crippen LogP contribution < -0.4 is 5.56 Å². The predicted molar refractivity (Wildman–Crippen MR) is 66.1 cm³/mol. The molecular formula is C13H20N2O2. The summed E-state index contributed by atoms with van der Waals surface area (Å²) in [6, 6.07) is 0. The highest BCUT2D eigenvalue weighted by Gasteiger charge is 2.38. The van der Waals surface area contributed by atoms with E-state index in [4.69, 9.17) is 4.74 Å². The van der Waals surface area contributed by atoms with Gasteiger partial charge in [0.2, 0.25) is 0 Å². The summed E-state index contributed by atoms with van der Waals surface area (Å²) in [7, 11) is 1.71. The Hall–Kier alpha value is -1.16. The lowest BCUT2D eigenvalue weighted by atomic mass is 10.0. The fourth-order valence-electron chi connectivity index (χ4n) is 2.62. The number of aromatic nitrogens is 2. The van der Waals surface area contributed by atoms with E-state index in [1.807, 2.05) is 13.8 Å². The van der Waals surface area contributed by atoms with E-state index >= 15 is 0 Å². The Morgan fingerprint density at radius 2 is 2.06 bits per heavy atom. The van der Waals surface area contributed by atoms with Crippen LogP contribution in [-0.2, 0) is 16.8 Å². The molecule has 0 amide bonds. The molecule has 0 aliphatic heterocycles. The molecule has 94 valence electrons. The maximum Gasteiger partial charge on any atom is 0.254 e. The molecule has 1 aliphatic carbocycles. The van der Waals surface area contributed by atoms with Gasteiger partial charge in [-0.15, -0.1) is 0 Å². The normalized spacial score (nSPS) is 18.5. The van der Waals surface area contributed by atoms with Gasteiger partial charge in [-0.3, -0.25) is 4.79 Å². The fraction of sp³-hybridized carbons (Fsp3) is 0.692. The first kappa shape index (κ1) is 12.3. The highest BCUT2D eigenvalue weighted by atomic mass is 16.5. The summed E-state index contributed by atoms with van der Waals surface area (Å²) in [5, 5.41) is 0. The van der Waals surface area contributed by atoms with Crippen LogP contribution >= 0.6 is 0 Å². The Morgan fingerprint density at radius 3 is 2.59 bits per heavy atom. The van der Waals surface area contributed by atoms with Crippen LogP contribution in [0.1, 0.15) is 49.7 Å². The van der Waals surface area contributed by atoms with Crippen molar-refractivity contribution in [2.24, 2.45) is 0 Å². The molecule has 1 N–H and O–H groups in total. The second kappa shape index (κ2) is 4.61. The molecule has 0 radical (unpaired) electrons. The molecule has 0 aromatic carbocycles. The molecule has 2 rings (SSSR count). The molecule has 1 heterocycles. The zero-order valence-electron chi connectivity index (χ0n) is 10.8. The first-order chi connectivity index (χ1) is 8.13. The van der Waals surface area contributed by atoms with Crippen LogP contribution in [0.5, 0.6) is 0 Å². The van der Waals surface area contributed by atoms with E-state index in [0.29, 0.717) is 5.82 Å². The molecule has 1 fully saturated rings. The van der Waals surface area contributed by atoms with Crippen LogP contribution in [-0.4, -0.2) is 17.1 Å². The Labute approximate surface area is 101 Å². The molecule has 1 aromatic rings. The number of ether oxygens (including phenoxy) is 1. The van der Waals surface area contributed by atoms with Gasteiger partial charge in [-0.1, -0.05) is 6.92 Å². The summed E-state index contributed by atoms with van der Waals surface area (Å²) < 4.78 is 5.65. The first-order valence-corrected chi connectivity index (χ1v) is 6.28. The third-order valence-electron chi connectivity index (χ3n) is 3.82. The second-order valence-electron chi connectivity index (χ2n) is 4.75. The molecule has 4 nitrogen and oxygen atoms in total. The molecule has 0 spiro atoms. The van der Waals surface area contributed by atoms with Gasteiger partial charge in [0.05, 0.1) is 5.69 Å². The van der Waals surface area contributed by atoms with Gasteiger partial charge in [-0.2, -0.15) is 0 Å². The smallest absolute Gasteiger partial charge is 0.254 e. The summed E-state index contributed by atoms with van der Waals surface area (Å²) in [5.74, 6) is 0.713. The van der Waals surface area contributed by atoms with Crippen LogP contribution in [0.15, 0.2) is 4.79 Å². The number of hydrogen-bond donors (Lipinski definition) is 1. The van der Waals surface area contributed by atoms with Crippen molar-refractivity contribution in [2.45, 2.75) is 51.6 Å². The lowest BCUT2D eigenvalue weighted by molar-refractivity contribution is -0.0166. The molecule has 1 aromatic heterocycles. The van der Waals surface area contributed by atoms with Gasteiger partial charge in [-0.25, -0.2) is 4.98 Å². The van der Waals surface area contributed by atoms with E-state index in [0.717, 1.165) is 43.4 Å². The maximum atomic E-state index is 11.9. The van der Waals surface area contributed by atoms with Crippen molar-refractivity contribution in [2.75, 3.05) is 7.11 Å². The van der Waals surface area contributed by atoms with E-state index in [-0.39, 0.29) is 11.2 Å². The largest absolute Gasteiger partial charge is 0.370 e. The number of rotatable bonds is 3. The average molecular weight is 236 g/mol. The minimum absolute atomic E-state index is 0.0322. The summed E-state index contributed by atoms with van der Waals surface area (Å²) >= 11 is 0. The quantitative estimate of drug-likeness (QED) is 0.874. The lowest BCUT2D eigenvalue weighted by Crippen LogP contribution is -2.31. The van der Waals surface area contributed by atoms with E-state index < -0.39 is 0 Å². The standard InChI is InChI=1S/C13H20N2O2/c1-4-10-9(2)11(16)15-12(14-10)13(17-3)7-5-6-8-13/h4-8H2,1-3H3,(H,14,15,16). The van der Waals surface area contributed by atoms with Crippen molar-refractivity contribution in [1.82, 2.24) is 9.97 Å². The van der Waals surface area contributed by atoms with E-state index in [1.54, 1.807) is 7.11 Å². The van der Waals surface area contributed by atoms with Crippen molar-refractivity contribution >= 4 is 0 Å². The second-order valence-corrected chi connectivity index (χ2v) is 4.75. The Bertz CT molecular complexity index is 459. The Morgan fingerprint density at radius 1 is 1.41 bits per heavy atom. The number of nitrogens with zero attached hydrogens (tertiary/aromatic N) is 1. The topological polar surface area (TPSA) is 55.0 Å². The monoisotopic (exact) mass is 236 g/mol. The molecule has 0 unspecified atom stereocenters. The number of hydrogen-bond acceptors (Lipinski definition) is 3. The van der Waals surface area contributed by atoms with Gasteiger partial charge in [0.15, 0.2) is 0 Å². The zero-order chi connectivity index (χ0) is 12.5. The third kappa shape index (κ3) is 2.02. The van der Waals surface area contributed by atoms with Crippen molar-refractivity contribution in [3.63, 3.8) is 0 Å². The highest BCUT2D eigenvalue weighted by Crippen LogP contribution is 2.39. The van der Waals surface area contributed by atoms with Crippen molar-refractivity contribution in [3.05, 3.63) is 27.4 Å². The zero-order valence-corrected chi connectivity index (χ0v) is 10.8. The SMILES string of the molecule is CCc1nc(C2(OC)CCCC2)[nH]c(=O)c1C. The first-order valence-electron chi connectivity index (χ1n) is 6.28. The van der Waals surface area contributed by atoms with Gasteiger partial charge in [0.25, 0.3) is 5.56 Å². The molecular weight excluding hydrogens is 216 g/mol. The molecule has 0 atom stereocenters. The Kier molecular flexibility index (Phi) is 3.33. The highest BCUT2D eigenvalue weighted by molar-refractivity contribution is 5.19. The number of H-pyrrole nitrogens is 1. The number of methoxy groups -OCH3 is 1. The predicted octanol–water partition coefficient (Wildman–Crippen LogP) is 2.06. The summed E-state index contributed by atoms with van der Waals surface area (Å²) in [6.07, 6.45) is 4.93. The van der Waals surface area contributed by atoms with Crippen molar-refractivity contribution in [3.8, 4) is 0 Å². The van der Waals surface area contributed by atoms with Crippen LogP contribution in [0, 0.1) is 6.92 Å². The van der Waals surface area contributed by atoms with Gasteiger partial charge in [0.1, 0.15) is 11.4 Å². The minimum atomic E-state index is -0.364. The average Bonchev–Trinajstić information content (AvgIpc) is 2.82. The summed E-state index contributed by atoms with van der Waals surface area (Å²) in [5.41, 5.74) is 1.21. The van der Waals surface area contributed by atoms with Crippen LogP contribution in [0.3, 0.4) is 0 Å². The van der Waals surface area contributed by atoms with E-state index in [9.17, 15) is 4.79 Å². The van der Waals surface area contributed by atoms with Gasteiger partial charge in [0, 0.05) is 12.7 Å². The molecule has 0 saturated heterocycles. The van der Waals surface area contributed by atoms with Gasteiger partial charge in [-0.05, 0) is 39.0 Å². The molecule has 1 aliphatic rings. The maximum absolute atomic E-state index is 11.9. The van der Waals surface area contributed by atoms with Crippen molar-refractivity contribution in [1.29, 1.82) is 0 Å². The number of aryl methyl sites for hydroxylation is 1. The Balaban J connectivity index is 2.52. The molecule has 17 heavy (non-hydrogen) atoms. The fourth-order valence-corrected chi connectivity index (χ4v) is 2.62. The lowest BCUT2D eigenvalue weighted by Gasteiger charge is -2.26. The number of nitrogens with one attached hydrogen (secondary N) is 1. The van der Waals surface area contributed by atoms with Gasteiger partial charge < -0.3 is 9.72 Å². The summed E-state index contributed by atoms with van der Waals surface area (Å²) in [6.45, 7) is 3.84. The van der Waals surface area contributed by atoms with Crippen molar-refractivity contribution < 1.29 is 4.74 Å². The summed E-state index contributed by atoms with van der Waals surface area (Å²) in [4.78, 5) is 19.4. The van der Waals surface area contributed by atoms with E-state index in [1.165, 1.54) is 0 Å². The number of aromatic amines is 1. The molecule has 0 bridgehead atoms. The van der Waals surface area contributed by atoms with Crippen LogP contribution in [0.4, 0.5) is 0 Å². The van der Waals surface area contributed by atoms with E-state index in [2.05, 4.69) is 9.97 Å². The molecule has 4 heteroatoms. The van der Waals surface area contributed by atoms with Gasteiger partial charge >= 0.3 is 0 Å². The molecule has 1 saturated carbocycles. The minimum Gasteiger partial charge on any atom is -0.370 e. The van der Waals surface area contributed by atoms with Crippen LogP contribution in [0.2, 0.25) is 0 Å². The third-order valence-corrected chi connectivity index (χ3v) is 3.82.